The molecule has 2 rings (SSSR count). The standard InChI is InChI=1S/C20H26N2O4S/c1-6-19(20(23)21-18-12-14(2)10-11-15(18)3)22(27(5,24)25)16-8-7-9-17(13-16)26-4/h7-13,19H,6H2,1-5H3,(H,21,23). The number of benzene rings is 2. The van der Waals surface area contributed by atoms with Gasteiger partial charge in [0.25, 0.3) is 0 Å². The minimum atomic E-state index is -3.69. The molecular weight excluding hydrogens is 364 g/mol. The Balaban J connectivity index is 2.42. The first kappa shape index (κ1) is 20.8. The Kier molecular flexibility index (Phi) is 6.49. The molecule has 2 aromatic rings. The van der Waals surface area contributed by atoms with Crippen LogP contribution in [0.4, 0.5) is 11.4 Å². The van der Waals surface area contributed by atoms with E-state index in [1.165, 1.54) is 7.11 Å². The first-order chi connectivity index (χ1) is 12.7. The monoisotopic (exact) mass is 390 g/mol. The van der Waals surface area contributed by atoms with Crippen molar-refractivity contribution in [2.45, 2.75) is 33.2 Å². The van der Waals surface area contributed by atoms with Gasteiger partial charge in [-0.2, -0.15) is 0 Å². The van der Waals surface area contributed by atoms with Crippen LogP contribution in [0, 0.1) is 13.8 Å². The molecule has 7 heteroatoms. The van der Waals surface area contributed by atoms with Gasteiger partial charge in [0.05, 0.1) is 19.1 Å². The summed E-state index contributed by atoms with van der Waals surface area (Å²) in [6, 6.07) is 11.5. The number of ether oxygens (including phenoxy) is 1. The third-order valence-corrected chi connectivity index (χ3v) is 5.47. The third-order valence-electron chi connectivity index (χ3n) is 4.29. The minimum absolute atomic E-state index is 0.320. The maximum absolute atomic E-state index is 13.0. The van der Waals surface area contributed by atoms with E-state index in [0.717, 1.165) is 21.7 Å². The fourth-order valence-corrected chi connectivity index (χ4v) is 4.10. The van der Waals surface area contributed by atoms with Gasteiger partial charge in [-0.1, -0.05) is 25.1 Å². The van der Waals surface area contributed by atoms with E-state index in [1.54, 1.807) is 31.2 Å². The van der Waals surface area contributed by atoms with E-state index in [1.807, 2.05) is 32.0 Å². The number of rotatable bonds is 7. The Labute approximate surface area is 161 Å². The molecule has 1 amide bonds. The van der Waals surface area contributed by atoms with Crippen molar-refractivity contribution in [2.24, 2.45) is 0 Å². The Morgan fingerprint density at radius 2 is 1.89 bits per heavy atom. The zero-order chi connectivity index (χ0) is 20.2. The topological polar surface area (TPSA) is 75.7 Å². The lowest BCUT2D eigenvalue weighted by molar-refractivity contribution is -0.117. The maximum atomic E-state index is 13.0. The van der Waals surface area contributed by atoms with Gasteiger partial charge in [-0.15, -0.1) is 0 Å². The molecule has 0 aromatic heterocycles. The molecule has 0 spiro atoms. The normalized spacial score (nSPS) is 12.3. The largest absolute Gasteiger partial charge is 0.497 e. The van der Waals surface area contributed by atoms with Crippen LogP contribution in [0.1, 0.15) is 24.5 Å². The van der Waals surface area contributed by atoms with Crippen LogP contribution < -0.4 is 14.4 Å². The highest BCUT2D eigenvalue weighted by Gasteiger charge is 2.32. The lowest BCUT2D eigenvalue weighted by atomic mass is 10.1. The van der Waals surface area contributed by atoms with E-state index in [-0.39, 0.29) is 5.91 Å². The van der Waals surface area contributed by atoms with Crippen LogP contribution in [-0.4, -0.2) is 33.7 Å². The van der Waals surface area contributed by atoms with Gasteiger partial charge in [0.1, 0.15) is 11.8 Å². The summed E-state index contributed by atoms with van der Waals surface area (Å²) in [6.07, 6.45) is 1.42. The maximum Gasteiger partial charge on any atom is 0.248 e. The van der Waals surface area contributed by atoms with Crippen molar-refractivity contribution in [3.05, 3.63) is 53.6 Å². The van der Waals surface area contributed by atoms with Crippen molar-refractivity contribution in [1.82, 2.24) is 0 Å². The van der Waals surface area contributed by atoms with Gasteiger partial charge in [0, 0.05) is 11.8 Å². The number of sulfonamides is 1. The number of anilines is 2. The predicted octanol–water partition coefficient (Wildman–Crippen LogP) is 3.50. The van der Waals surface area contributed by atoms with Crippen LogP contribution in [0.2, 0.25) is 0 Å². The molecular formula is C20H26N2O4S. The van der Waals surface area contributed by atoms with Crippen LogP contribution >= 0.6 is 0 Å². The van der Waals surface area contributed by atoms with Crippen molar-refractivity contribution in [1.29, 1.82) is 0 Å². The zero-order valence-corrected chi connectivity index (χ0v) is 17.1. The molecule has 0 saturated carbocycles. The second-order valence-electron chi connectivity index (χ2n) is 6.49. The molecule has 1 N–H and O–H groups in total. The van der Waals surface area contributed by atoms with Gasteiger partial charge in [0.2, 0.25) is 15.9 Å². The van der Waals surface area contributed by atoms with Crippen LogP contribution in [0.15, 0.2) is 42.5 Å². The number of carbonyl (C=O) groups excluding carboxylic acids is 1. The molecule has 0 heterocycles. The molecule has 6 nitrogen and oxygen atoms in total. The molecule has 2 aromatic carbocycles. The van der Waals surface area contributed by atoms with Crippen LogP contribution in [-0.2, 0) is 14.8 Å². The summed E-state index contributed by atoms with van der Waals surface area (Å²) in [6.45, 7) is 5.61. The highest BCUT2D eigenvalue weighted by atomic mass is 32.2. The van der Waals surface area contributed by atoms with E-state index in [4.69, 9.17) is 4.74 Å². The molecule has 0 aliphatic heterocycles. The highest BCUT2D eigenvalue weighted by molar-refractivity contribution is 7.92. The quantitative estimate of drug-likeness (QED) is 0.785. The van der Waals surface area contributed by atoms with Crippen molar-refractivity contribution >= 4 is 27.3 Å². The zero-order valence-electron chi connectivity index (χ0n) is 16.3. The summed E-state index contributed by atoms with van der Waals surface area (Å²) in [5, 5.41) is 2.88. The van der Waals surface area contributed by atoms with Crippen molar-refractivity contribution in [3.8, 4) is 5.75 Å². The number of hydrogen-bond acceptors (Lipinski definition) is 4. The first-order valence-electron chi connectivity index (χ1n) is 8.69. The van der Waals surface area contributed by atoms with E-state index in [2.05, 4.69) is 5.32 Å². The van der Waals surface area contributed by atoms with E-state index in [9.17, 15) is 13.2 Å². The molecule has 0 saturated heterocycles. The lowest BCUT2D eigenvalue weighted by Crippen LogP contribution is -2.47. The molecule has 0 radical (unpaired) electrons. The minimum Gasteiger partial charge on any atom is -0.497 e. The van der Waals surface area contributed by atoms with Gasteiger partial charge in [-0.3, -0.25) is 9.10 Å². The van der Waals surface area contributed by atoms with Crippen molar-refractivity contribution in [2.75, 3.05) is 23.0 Å². The summed E-state index contributed by atoms with van der Waals surface area (Å²) in [5.41, 5.74) is 2.99. The van der Waals surface area contributed by atoms with Gasteiger partial charge < -0.3 is 10.1 Å². The summed E-state index contributed by atoms with van der Waals surface area (Å²) in [5.74, 6) is 0.144. The number of aryl methyl sites for hydroxylation is 2. The molecule has 0 bridgehead atoms. The Hall–Kier alpha value is -2.54. The van der Waals surface area contributed by atoms with E-state index >= 15 is 0 Å². The molecule has 1 atom stereocenters. The fraction of sp³-hybridized carbons (Fsp3) is 0.350. The average Bonchev–Trinajstić information content (AvgIpc) is 2.61. The summed E-state index contributed by atoms with van der Waals surface area (Å²) < 4.78 is 31.4. The Morgan fingerprint density at radius 3 is 2.48 bits per heavy atom. The van der Waals surface area contributed by atoms with Crippen LogP contribution in [0.25, 0.3) is 0 Å². The number of amides is 1. The lowest BCUT2D eigenvalue weighted by Gasteiger charge is -2.30. The van der Waals surface area contributed by atoms with E-state index in [0.29, 0.717) is 23.5 Å². The highest BCUT2D eigenvalue weighted by Crippen LogP contribution is 2.27. The van der Waals surface area contributed by atoms with Crippen molar-refractivity contribution < 1.29 is 17.9 Å². The van der Waals surface area contributed by atoms with Crippen molar-refractivity contribution in [3.63, 3.8) is 0 Å². The van der Waals surface area contributed by atoms with Crippen LogP contribution in [0.3, 0.4) is 0 Å². The third kappa shape index (κ3) is 5.01. The second-order valence-corrected chi connectivity index (χ2v) is 8.35. The molecule has 1 unspecified atom stereocenters. The number of carbonyl (C=O) groups is 1. The van der Waals surface area contributed by atoms with Gasteiger partial charge in [0.15, 0.2) is 0 Å². The van der Waals surface area contributed by atoms with Crippen LogP contribution in [0.5, 0.6) is 5.75 Å². The average molecular weight is 391 g/mol. The first-order valence-corrected chi connectivity index (χ1v) is 10.5. The summed E-state index contributed by atoms with van der Waals surface area (Å²) >= 11 is 0. The smallest absolute Gasteiger partial charge is 0.248 e. The number of methoxy groups -OCH3 is 1. The predicted molar refractivity (Wildman–Crippen MR) is 109 cm³/mol. The van der Waals surface area contributed by atoms with Gasteiger partial charge in [-0.25, -0.2) is 8.42 Å². The Bertz CT molecular complexity index is 925. The Morgan fingerprint density at radius 1 is 1.19 bits per heavy atom. The fourth-order valence-electron chi connectivity index (χ4n) is 2.89. The molecule has 146 valence electrons. The second kappa shape index (κ2) is 8.43. The molecule has 27 heavy (non-hydrogen) atoms. The van der Waals surface area contributed by atoms with E-state index < -0.39 is 16.1 Å². The number of nitrogens with one attached hydrogen (secondary N) is 1. The number of hydrogen-bond donors (Lipinski definition) is 1. The summed E-state index contributed by atoms with van der Waals surface area (Å²) in [7, 11) is -2.18. The summed E-state index contributed by atoms with van der Waals surface area (Å²) in [4.78, 5) is 13.0. The van der Waals surface area contributed by atoms with Gasteiger partial charge in [-0.05, 0) is 49.6 Å². The molecule has 0 aliphatic carbocycles. The van der Waals surface area contributed by atoms with Gasteiger partial charge >= 0.3 is 0 Å². The molecule has 0 aliphatic rings. The molecule has 0 fully saturated rings. The number of nitrogens with zero attached hydrogens (tertiary/aromatic N) is 1. The SMILES string of the molecule is CCC(C(=O)Nc1cc(C)ccc1C)N(c1cccc(OC)c1)S(C)(=O)=O.